The number of aliphatic hydroxyl groups excluding tert-OH is 1. The molecule has 0 spiro atoms. The molecule has 0 saturated carbocycles. The summed E-state index contributed by atoms with van der Waals surface area (Å²) in [6.45, 7) is 2.33. The molecule has 24 heavy (non-hydrogen) atoms. The smallest absolute Gasteiger partial charge is 0.266 e. The average Bonchev–Trinajstić information content (AvgIpc) is 2.50. The van der Waals surface area contributed by atoms with Crippen molar-refractivity contribution in [2.45, 2.75) is 103 Å². The van der Waals surface area contributed by atoms with Crippen LogP contribution in [0.15, 0.2) is 0 Å². The van der Waals surface area contributed by atoms with E-state index in [-0.39, 0.29) is 12.3 Å². The van der Waals surface area contributed by atoms with Crippen LogP contribution in [0.3, 0.4) is 0 Å². The van der Waals surface area contributed by atoms with Crippen molar-refractivity contribution in [2.75, 3.05) is 12.3 Å². The topological polar surface area (TPSA) is 86.6 Å². The van der Waals surface area contributed by atoms with Crippen molar-refractivity contribution in [1.82, 2.24) is 5.32 Å². The maximum atomic E-state index is 10.5. The Bertz CT molecular complexity index is 360. The summed E-state index contributed by atoms with van der Waals surface area (Å²) >= 11 is 0. The van der Waals surface area contributed by atoms with Crippen molar-refractivity contribution in [1.29, 1.82) is 0 Å². The molecule has 0 aliphatic carbocycles. The van der Waals surface area contributed by atoms with Gasteiger partial charge < -0.3 is 5.11 Å². The Balaban J connectivity index is 3.19. The fraction of sp³-hybridized carbons (Fsp3) is 1.00. The Labute approximate surface area is 149 Å². The van der Waals surface area contributed by atoms with Gasteiger partial charge in [0.25, 0.3) is 10.1 Å². The highest BCUT2D eigenvalue weighted by molar-refractivity contribution is 7.85. The summed E-state index contributed by atoms with van der Waals surface area (Å²) in [6, 6.07) is 0. The highest BCUT2D eigenvalue weighted by atomic mass is 32.2. The molecule has 0 amide bonds. The standard InChI is InChI=1S/C18H39NO4S/c1-2-3-4-5-6-7-8-9-10-11-12-13-14-15-18(20)19-16-17-24(21,22)23/h18-20H,2-17H2,1H3,(H,21,22,23). The Morgan fingerprint density at radius 3 is 1.62 bits per heavy atom. The van der Waals surface area contributed by atoms with Crippen LogP contribution in [0.25, 0.3) is 0 Å². The first-order valence-electron chi connectivity index (χ1n) is 9.82. The molecule has 1 unspecified atom stereocenters. The van der Waals surface area contributed by atoms with Crippen LogP contribution < -0.4 is 5.32 Å². The van der Waals surface area contributed by atoms with E-state index in [0.717, 1.165) is 12.8 Å². The minimum Gasteiger partial charge on any atom is -0.379 e. The third-order valence-corrected chi connectivity index (χ3v) is 5.04. The molecule has 0 aliphatic heterocycles. The predicted molar refractivity (Wildman–Crippen MR) is 101 cm³/mol. The lowest BCUT2D eigenvalue weighted by atomic mass is 10.0. The van der Waals surface area contributed by atoms with Crippen LogP contribution in [0.2, 0.25) is 0 Å². The van der Waals surface area contributed by atoms with E-state index in [4.69, 9.17) is 4.55 Å². The van der Waals surface area contributed by atoms with E-state index in [1.807, 2.05) is 0 Å². The second kappa shape index (κ2) is 16.3. The van der Waals surface area contributed by atoms with Gasteiger partial charge in [-0.3, -0.25) is 9.87 Å². The number of rotatable bonds is 18. The Hall–Kier alpha value is -0.170. The van der Waals surface area contributed by atoms with Crippen molar-refractivity contribution in [2.24, 2.45) is 0 Å². The van der Waals surface area contributed by atoms with Gasteiger partial charge in [0.15, 0.2) is 0 Å². The van der Waals surface area contributed by atoms with Crippen LogP contribution in [0.4, 0.5) is 0 Å². The Kier molecular flexibility index (Phi) is 16.2. The van der Waals surface area contributed by atoms with Crippen LogP contribution in [-0.2, 0) is 10.1 Å². The molecule has 0 aliphatic rings. The number of unbranched alkanes of at least 4 members (excludes halogenated alkanes) is 12. The molecule has 3 N–H and O–H groups in total. The SMILES string of the molecule is CCCCCCCCCCCCCCCC(O)NCCS(=O)(=O)O. The van der Waals surface area contributed by atoms with E-state index in [9.17, 15) is 13.5 Å². The first kappa shape index (κ1) is 23.8. The van der Waals surface area contributed by atoms with Crippen molar-refractivity contribution in [3.05, 3.63) is 0 Å². The molecular weight excluding hydrogens is 326 g/mol. The predicted octanol–water partition coefficient (Wildman–Crippen LogP) is 4.26. The van der Waals surface area contributed by atoms with Crippen molar-refractivity contribution < 1.29 is 18.1 Å². The second-order valence-electron chi connectivity index (χ2n) is 6.79. The summed E-state index contributed by atoms with van der Waals surface area (Å²) in [7, 11) is -3.94. The van der Waals surface area contributed by atoms with Crippen molar-refractivity contribution >= 4 is 10.1 Å². The minimum atomic E-state index is -3.94. The zero-order valence-corrected chi connectivity index (χ0v) is 16.3. The average molecular weight is 366 g/mol. The van der Waals surface area contributed by atoms with Crippen LogP contribution >= 0.6 is 0 Å². The van der Waals surface area contributed by atoms with Crippen LogP contribution in [-0.4, -0.2) is 36.6 Å². The van der Waals surface area contributed by atoms with Gasteiger partial charge in [-0.25, -0.2) is 0 Å². The molecule has 0 rings (SSSR count). The molecule has 5 nitrogen and oxygen atoms in total. The minimum absolute atomic E-state index is 0.0818. The number of aliphatic hydroxyl groups is 1. The van der Waals surface area contributed by atoms with Crippen LogP contribution in [0, 0.1) is 0 Å². The highest BCUT2D eigenvalue weighted by Crippen LogP contribution is 2.13. The lowest BCUT2D eigenvalue weighted by molar-refractivity contribution is 0.127. The number of nitrogens with one attached hydrogen (secondary N) is 1. The monoisotopic (exact) mass is 365 g/mol. The summed E-state index contributed by atoms with van der Waals surface area (Å²) in [5.41, 5.74) is 0. The molecular formula is C18H39NO4S. The molecule has 0 fully saturated rings. The maximum absolute atomic E-state index is 10.5. The van der Waals surface area contributed by atoms with E-state index < -0.39 is 16.3 Å². The lowest BCUT2D eigenvalue weighted by Crippen LogP contribution is -2.32. The van der Waals surface area contributed by atoms with Crippen LogP contribution in [0.5, 0.6) is 0 Å². The van der Waals surface area contributed by atoms with Crippen molar-refractivity contribution in [3.63, 3.8) is 0 Å². The molecule has 0 aromatic rings. The van der Waals surface area contributed by atoms with E-state index in [2.05, 4.69) is 12.2 Å². The van der Waals surface area contributed by atoms with Gasteiger partial charge in [-0.1, -0.05) is 84.0 Å². The summed E-state index contributed by atoms with van der Waals surface area (Å²) < 4.78 is 29.6. The molecule has 0 saturated heterocycles. The van der Waals surface area contributed by atoms with Gasteiger partial charge in [0.1, 0.15) is 6.23 Å². The molecule has 0 bridgehead atoms. The van der Waals surface area contributed by atoms with E-state index >= 15 is 0 Å². The molecule has 0 aromatic carbocycles. The molecule has 0 aromatic heterocycles. The summed E-state index contributed by atoms with van der Waals surface area (Å²) in [5.74, 6) is -0.358. The number of hydrogen-bond donors (Lipinski definition) is 3. The summed E-state index contributed by atoms with van der Waals surface area (Å²) in [4.78, 5) is 0. The molecule has 6 heteroatoms. The summed E-state index contributed by atoms with van der Waals surface area (Å²) in [6.07, 6.45) is 16.7. The van der Waals surface area contributed by atoms with Gasteiger partial charge in [0.2, 0.25) is 0 Å². The fourth-order valence-corrected chi connectivity index (χ4v) is 3.19. The third kappa shape index (κ3) is 19.9. The van der Waals surface area contributed by atoms with Gasteiger partial charge in [-0.05, 0) is 12.8 Å². The van der Waals surface area contributed by atoms with Gasteiger partial charge in [-0.2, -0.15) is 8.42 Å². The lowest BCUT2D eigenvalue weighted by Gasteiger charge is -2.11. The normalized spacial score (nSPS) is 13.3. The van der Waals surface area contributed by atoms with Gasteiger partial charge >= 0.3 is 0 Å². The highest BCUT2D eigenvalue weighted by Gasteiger charge is 2.07. The Morgan fingerprint density at radius 1 is 0.792 bits per heavy atom. The first-order chi connectivity index (χ1) is 11.5. The first-order valence-corrected chi connectivity index (χ1v) is 11.4. The largest absolute Gasteiger partial charge is 0.379 e. The quantitative estimate of drug-likeness (QED) is 0.192. The zero-order chi connectivity index (χ0) is 18.1. The number of hydrogen-bond acceptors (Lipinski definition) is 4. The fourth-order valence-electron chi connectivity index (χ4n) is 2.81. The van der Waals surface area contributed by atoms with E-state index in [0.29, 0.717) is 6.42 Å². The Morgan fingerprint density at radius 2 is 1.21 bits per heavy atom. The molecule has 146 valence electrons. The molecule has 0 radical (unpaired) electrons. The van der Waals surface area contributed by atoms with Gasteiger partial charge in [0, 0.05) is 6.54 Å². The van der Waals surface area contributed by atoms with Crippen molar-refractivity contribution in [3.8, 4) is 0 Å². The maximum Gasteiger partial charge on any atom is 0.266 e. The molecule has 0 heterocycles. The van der Waals surface area contributed by atoms with Crippen LogP contribution in [0.1, 0.15) is 96.8 Å². The van der Waals surface area contributed by atoms with E-state index in [1.54, 1.807) is 0 Å². The summed E-state index contributed by atoms with van der Waals surface area (Å²) in [5, 5.41) is 12.3. The van der Waals surface area contributed by atoms with Gasteiger partial charge in [0.05, 0.1) is 5.75 Å². The molecule has 1 atom stereocenters. The zero-order valence-electron chi connectivity index (χ0n) is 15.5. The van der Waals surface area contributed by atoms with Gasteiger partial charge in [-0.15, -0.1) is 0 Å². The van der Waals surface area contributed by atoms with E-state index in [1.165, 1.54) is 70.6 Å². The third-order valence-electron chi connectivity index (χ3n) is 4.32. The second-order valence-corrected chi connectivity index (χ2v) is 8.36.